The van der Waals surface area contributed by atoms with Crippen molar-refractivity contribution in [2.45, 2.75) is 38.4 Å². The third-order valence-corrected chi connectivity index (χ3v) is 4.91. The number of aliphatic hydroxyl groups is 1. The summed E-state index contributed by atoms with van der Waals surface area (Å²) in [6, 6.07) is 4.78. The third kappa shape index (κ3) is 4.28. The number of hydrogen-bond acceptors (Lipinski definition) is 4. The lowest BCUT2D eigenvalue weighted by molar-refractivity contribution is 0.0737. The number of likely N-dealkylation sites (N-methyl/N-ethyl adjacent to an activating group) is 1. The predicted molar refractivity (Wildman–Crippen MR) is 78.0 cm³/mol. The van der Waals surface area contributed by atoms with Gasteiger partial charge in [-0.05, 0) is 44.0 Å². The Morgan fingerprint density at radius 1 is 1.35 bits per heavy atom. The van der Waals surface area contributed by atoms with Crippen LogP contribution in [0.2, 0.25) is 0 Å². The van der Waals surface area contributed by atoms with Gasteiger partial charge in [0.2, 0.25) is 10.0 Å². The molecule has 20 heavy (non-hydrogen) atoms. The van der Waals surface area contributed by atoms with Crippen LogP contribution in [0.1, 0.15) is 25.0 Å². The number of nitrogens with zero attached hydrogens (tertiary/aromatic N) is 1. The summed E-state index contributed by atoms with van der Waals surface area (Å²) < 4.78 is 31.4. The van der Waals surface area contributed by atoms with Crippen molar-refractivity contribution >= 4 is 10.0 Å². The van der Waals surface area contributed by atoms with Crippen molar-refractivity contribution in [3.63, 3.8) is 0 Å². The van der Waals surface area contributed by atoms with Crippen LogP contribution in [0, 0.1) is 6.92 Å². The molecule has 0 aliphatic heterocycles. The van der Waals surface area contributed by atoms with Crippen molar-refractivity contribution < 1.29 is 18.3 Å². The molecular weight excluding hydrogens is 278 g/mol. The van der Waals surface area contributed by atoms with Gasteiger partial charge >= 0.3 is 0 Å². The maximum atomic E-state index is 12.4. The first-order valence-corrected chi connectivity index (χ1v) is 8.01. The van der Waals surface area contributed by atoms with E-state index in [1.807, 2.05) is 20.8 Å². The number of ether oxygens (including phenoxy) is 1. The standard InChI is InChI=1S/C14H23NO4S/c1-11(2)19-8-7-15(4)20(17,18)14-6-5-12(3)13(9-14)10-16/h5-6,9,11,16H,7-8,10H2,1-4H3. The first-order chi connectivity index (χ1) is 9.28. The summed E-state index contributed by atoms with van der Waals surface area (Å²) in [7, 11) is -2.02. The second-order valence-corrected chi connectivity index (χ2v) is 7.04. The van der Waals surface area contributed by atoms with E-state index >= 15 is 0 Å². The highest BCUT2D eigenvalue weighted by Gasteiger charge is 2.21. The lowest BCUT2D eigenvalue weighted by Gasteiger charge is -2.18. The van der Waals surface area contributed by atoms with E-state index in [2.05, 4.69) is 0 Å². The zero-order chi connectivity index (χ0) is 15.3. The highest BCUT2D eigenvalue weighted by Crippen LogP contribution is 2.18. The Morgan fingerprint density at radius 2 is 2.00 bits per heavy atom. The van der Waals surface area contributed by atoms with Crippen LogP contribution in [0.3, 0.4) is 0 Å². The molecule has 0 spiro atoms. The van der Waals surface area contributed by atoms with Crippen molar-refractivity contribution in [3.8, 4) is 0 Å². The SMILES string of the molecule is Cc1ccc(S(=O)(=O)N(C)CCOC(C)C)cc1CO. The second-order valence-electron chi connectivity index (χ2n) is 4.99. The van der Waals surface area contributed by atoms with Crippen molar-refractivity contribution in [2.24, 2.45) is 0 Å². The molecule has 114 valence electrons. The van der Waals surface area contributed by atoms with E-state index < -0.39 is 10.0 Å². The highest BCUT2D eigenvalue weighted by atomic mass is 32.2. The van der Waals surface area contributed by atoms with Crippen LogP contribution in [0.15, 0.2) is 23.1 Å². The summed E-state index contributed by atoms with van der Waals surface area (Å²) in [5.41, 5.74) is 1.50. The Balaban J connectivity index is 2.87. The molecule has 0 radical (unpaired) electrons. The Kier molecular flexibility index (Phi) is 6.13. The molecule has 0 saturated carbocycles. The van der Waals surface area contributed by atoms with Gasteiger partial charge in [-0.25, -0.2) is 8.42 Å². The average molecular weight is 301 g/mol. The van der Waals surface area contributed by atoms with Crippen LogP contribution >= 0.6 is 0 Å². The number of sulfonamides is 1. The molecule has 0 aromatic heterocycles. The summed E-state index contributed by atoms with van der Waals surface area (Å²) in [5.74, 6) is 0. The van der Waals surface area contributed by atoms with Gasteiger partial charge in [-0.2, -0.15) is 4.31 Å². The van der Waals surface area contributed by atoms with Crippen LogP contribution < -0.4 is 0 Å². The predicted octanol–water partition coefficient (Wildman–Crippen LogP) is 1.53. The smallest absolute Gasteiger partial charge is 0.242 e. The summed E-state index contributed by atoms with van der Waals surface area (Å²) in [6.45, 7) is 6.12. The fraction of sp³-hybridized carbons (Fsp3) is 0.571. The number of rotatable bonds is 7. The van der Waals surface area contributed by atoms with Gasteiger partial charge in [-0.3, -0.25) is 0 Å². The van der Waals surface area contributed by atoms with Gasteiger partial charge in [0.1, 0.15) is 0 Å². The van der Waals surface area contributed by atoms with Gasteiger partial charge in [0.05, 0.1) is 24.2 Å². The van der Waals surface area contributed by atoms with E-state index in [0.717, 1.165) is 5.56 Å². The molecule has 0 aliphatic carbocycles. The first-order valence-electron chi connectivity index (χ1n) is 6.57. The van der Waals surface area contributed by atoms with Crippen LogP contribution in [-0.4, -0.2) is 44.1 Å². The molecule has 1 aromatic rings. The van der Waals surface area contributed by atoms with E-state index in [1.54, 1.807) is 12.1 Å². The van der Waals surface area contributed by atoms with Gasteiger partial charge < -0.3 is 9.84 Å². The number of benzene rings is 1. The number of aliphatic hydroxyl groups excluding tert-OH is 1. The van der Waals surface area contributed by atoms with Gasteiger partial charge in [0, 0.05) is 13.6 Å². The fourth-order valence-electron chi connectivity index (χ4n) is 1.70. The van der Waals surface area contributed by atoms with Crippen LogP contribution in [0.5, 0.6) is 0 Å². The Labute approximate surface area is 121 Å². The average Bonchev–Trinajstić information content (AvgIpc) is 2.38. The molecule has 0 fully saturated rings. The maximum absolute atomic E-state index is 12.4. The minimum atomic E-state index is -3.54. The molecule has 0 heterocycles. The Morgan fingerprint density at radius 3 is 2.55 bits per heavy atom. The Hall–Kier alpha value is -0.950. The molecule has 1 aromatic carbocycles. The monoisotopic (exact) mass is 301 g/mol. The lowest BCUT2D eigenvalue weighted by Crippen LogP contribution is -2.31. The Bertz CT molecular complexity index is 540. The number of hydrogen-bond donors (Lipinski definition) is 1. The van der Waals surface area contributed by atoms with E-state index in [1.165, 1.54) is 17.4 Å². The van der Waals surface area contributed by atoms with Crippen molar-refractivity contribution in [3.05, 3.63) is 29.3 Å². The second kappa shape index (κ2) is 7.17. The van der Waals surface area contributed by atoms with Gasteiger partial charge in [0.25, 0.3) is 0 Å². The van der Waals surface area contributed by atoms with E-state index in [-0.39, 0.29) is 17.6 Å². The molecule has 0 atom stereocenters. The number of aryl methyl sites for hydroxylation is 1. The molecule has 1 N–H and O–H groups in total. The summed E-state index contributed by atoms with van der Waals surface area (Å²) in [6.07, 6.45) is 0.0754. The minimum absolute atomic E-state index is 0.0754. The van der Waals surface area contributed by atoms with Gasteiger partial charge in [-0.1, -0.05) is 6.07 Å². The molecular formula is C14H23NO4S. The normalized spacial score (nSPS) is 12.3. The molecule has 6 heteroatoms. The summed E-state index contributed by atoms with van der Waals surface area (Å²) >= 11 is 0. The van der Waals surface area contributed by atoms with E-state index in [9.17, 15) is 13.5 Å². The third-order valence-electron chi connectivity index (χ3n) is 3.06. The molecule has 0 saturated heterocycles. The van der Waals surface area contributed by atoms with E-state index in [4.69, 9.17) is 4.74 Å². The van der Waals surface area contributed by atoms with Crippen LogP contribution in [0.4, 0.5) is 0 Å². The maximum Gasteiger partial charge on any atom is 0.242 e. The van der Waals surface area contributed by atoms with Gasteiger partial charge in [-0.15, -0.1) is 0 Å². The van der Waals surface area contributed by atoms with Crippen LogP contribution in [0.25, 0.3) is 0 Å². The first kappa shape index (κ1) is 17.1. The lowest BCUT2D eigenvalue weighted by atomic mass is 10.1. The highest BCUT2D eigenvalue weighted by molar-refractivity contribution is 7.89. The largest absolute Gasteiger partial charge is 0.392 e. The van der Waals surface area contributed by atoms with Crippen LogP contribution in [-0.2, 0) is 21.4 Å². The van der Waals surface area contributed by atoms with Gasteiger partial charge in [0.15, 0.2) is 0 Å². The summed E-state index contributed by atoms with van der Waals surface area (Å²) in [4.78, 5) is 0.194. The fourth-order valence-corrected chi connectivity index (χ4v) is 2.90. The van der Waals surface area contributed by atoms with Crippen molar-refractivity contribution in [1.82, 2.24) is 4.31 Å². The van der Waals surface area contributed by atoms with E-state index in [0.29, 0.717) is 18.7 Å². The minimum Gasteiger partial charge on any atom is -0.392 e. The topological polar surface area (TPSA) is 66.8 Å². The molecule has 0 amide bonds. The molecule has 5 nitrogen and oxygen atoms in total. The molecule has 0 unspecified atom stereocenters. The summed E-state index contributed by atoms with van der Waals surface area (Å²) in [5, 5.41) is 9.22. The van der Waals surface area contributed by atoms with Crippen molar-refractivity contribution in [1.29, 1.82) is 0 Å². The molecule has 0 aliphatic rings. The molecule has 1 rings (SSSR count). The van der Waals surface area contributed by atoms with Crippen molar-refractivity contribution in [2.75, 3.05) is 20.2 Å². The zero-order valence-corrected chi connectivity index (χ0v) is 13.3. The molecule has 0 bridgehead atoms. The zero-order valence-electron chi connectivity index (χ0n) is 12.5. The quantitative estimate of drug-likeness (QED) is 0.829.